The standard InChI is InChI=1S/C8H7ClN4O/c1-2-3-13-6-5(4-10-13)7(14)12-8(9)11-6/h2,4H,1,3H2,(H,11,12,14). The maximum atomic E-state index is 11.4. The smallest absolute Gasteiger partial charge is 0.262 e. The molecule has 0 aliphatic heterocycles. The largest absolute Gasteiger partial charge is 0.296 e. The molecule has 0 atom stereocenters. The quantitative estimate of drug-likeness (QED) is 0.593. The van der Waals surface area contributed by atoms with Crippen molar-refractivity contribution >= 4 is 22.6 Å². The number of allylic oxidation sites excluding steroid dienone is 1. The summed E-state index contributed by atoms with van der Waals surface area (Å²) < 4.78 is 1.56. The Hall–Kier alpha value is -1.62. The Morgan fingerprint density at radius 1 is 1.71 bits per heavy atom. The van der Waals surface area contributed by atoms with Gasteiger partial charge in [0.1, 0.15) is 5.39 Å². The van der Waals surface area contributed by atoms with E-state index in [1.54, 1.807) is 10.8 Å². The van der Waals surface area contributed by atoms with Crippen LogP contribution in [-0.4, -0.2) is 19.7 Å². The number of halogens is 1. The van der Waals surface area contributed by atoms with Gasteiger partial charge in [-0.15, -0.1) is 6.58 Å². The third-order valence-electron chi connectivity index (χ3n) is 1.78. The second-order valence-corrected chi connectivity index (χ2v) is 3.07. The number of rotatable bonds is 2. The number of hydrogen-bond acceptors (Lipinski definition) is 3. The summed E-state index contributed by atoms with van der Waals surface area (Å²) in [6.45, 7) is 4.08. The summed E-state index contributed by atoms with van der Waals surface area (Å²) in [4.78, 5) is 17.7. The summed E-state index contributed by atoms with van der Waals surface area (Å²) in [5, 5.41) is 4.48. The van der Waals surface area contributed by atoms with Gasteiger partial charge in [-0.05, 0) is 11.6 Å². The molecule has 0 aliphatic carbocycles. The predicted octanol–water partition coefficient (Wildman–Crippen LogP) is 0.959. The fourth-order valence-corrected chi connectivity index (χ4v) is 1.36. The van der Waals surface area contributed by atoms with Gasteiger partial charge in [-0.2, -0.15) is 10.1 Å². The maximum Gasteiger partial charge on any atom is 0.262 e. The number of fused-ring (bicyclic) bond motifs is 1. The van der Waals surface area contributed by atoms with Crippen molar-refractivity contribution in [3.63, 3.8) is 0 Å². The van der Waals surface area contributed by atoms with Crippen molar-refractivity contribution in [2.45, 2.75) is 6.54 Å². The number of aromatic amines is 1. The second kappa shape index (κ2) is 3.26. The van der Waals surface area contributed by atoms with Crippen molar-refractivity contribution in [3.8, 4) is 0 Å². The molecule has 14 heavy (non-hydrogen) atoms. The Labute approximate surface area is 84.0 Å². The molecule has 6 heteroatoms. The number of nitrogens with zero attached hydrogens (tertiary/aromatic N) is 3. The van der Waals surface area contributed by atoms with Gasteiger partial charge in [0.2, 0.25) is 5.28 Å². The summed E-state index contributed by atoms with van der Waals surface area (Å²) in [5.74, 6) is 0. The molecule has 0 amide bonds. The molecule has 0 bridgehead atoms. The molecule has 0 aromatic carbocycles. The minimum Gasteiger partial charge on any atom is -0.296 e. The average molecular weight is 211 g/mol. The Morgan fingerprint density at radius 3 is 3.21 bits per heavy atom. The Balaban J connectivity index is 2.78. The lowest BCUT2D eigenvalue weighted by Gasteiger charge is -1.97. The SMILES string of the molecule is C=CCn1ncc2c(=O)[nH]c(Cl)nc21. The lowest BCUT2D eigenvalue weighted by Crippen LogP contribution is -2.08. The fraction of sp³-hybridized carbons (Fsp3) is 0.125. The first-order valence-electron chi connectivity index (χ1n) is 3.94. The van der Waals surface area contributed by atoms with E-state index in [1.807, 2.05) is 0 Å². The summed E-state index contributed by atoms with van der Waals surface area (Å²) >= 11 is 5.62. The van der Waals surface area contributed by atoms with Crippen molar-refractivity contribution in [1.82, 2.24) is 19.7 Å². The lowest BCUT2D eigenvalue weighted by molar-refractivity contribution is 0.720. The van der Waals surface area contributed by atoms with Crippen LogP contribution in [0.4, 0.5) is 0 Å². The maximum absolute atomic E-state index is 11.4. The van der Waals surface area contributed by atoms with Crippen molar-refractivity contribution in [2.24, 2.45) is 0 Å². The molecule has 0 unspecified atom stereocenters. The molecular formula is C8H7ClN4O. The van der Waals surface area contributed by atoms with Crippen LogP contribution in [0, 0.1) is 0 Å². The molecule has 0 aliphatic rings. The van der Waals surface area contributed by atoms with Gasteiger partial charge in [0.15, 0.2) is 5.65 Å². The van der Waals surface area contributed by atoms with Crippen molar-refractivity contribution in [2.75, 3.05) is 0 Å². The van der Waals surface area contributed by atoms with E-state index < -0.39 is 0 Å². The molecule has 2 rings (SSSR count). The minimum atomic E-state index is -0.282. The van der Waals surface area contributed by atoms with Crippen molar-refractivity contribution in [3.05, 3.63) is 34.5 Å². The molecule has 0 spiro atoms. The molecule has 2 heterocycles. The van der Waals surface area contributed by atoms with Gasteiger partial charge in [0, 0.05) is 0 Å². The van der Waals surface area contributed by atoms with E-state index in [1.165, 1.54) is 6.20 Å². The predicted molar refractivity (Wildman–Crippen MR) is 53.4 cm³/mol. The molecule has 2 aromatic rings. The van der Waals surface area contributed by atoms with Gasteiger partial charge in [0.25, 0.3) is 5.56 Å². The minimum absolute atomic E-state index is 0.0633. The number of hydrogen-bond donors (Lipinski definition) is 1. The molecule has 1 N–H and O–H groups in total. The first-order chi connectivity index (χ1) is 6.72. The zero-order valence-corrected chi connectivity index (χ0v) is 7.95. The molecule has 0 fully saturated rings. The number of nitrogens with one attached hydrogen (secondary N) is 1. The van der Waals surface area contributed by atoms with E-state index in [0.717, 1.165) is 0 Å². The highest BCUT2D eigenvalue weighted by atomic mass is 35.5. The molecule has 2 aromatic heterocycles. The van der Waals surface area contributed by atoms with E-state index in [4.69, 9.17) is 11.6 Å². The lowest BCUT2D eigenvalue weighted by atomic mass is 10.4. The summed E-state index contributed by atoms with van der Waals surface area (Å²) in [6.07, 6.45) is 3.13. The summed E-state index contributed by atoms with van der Waals surface area (Å²) in [7, 11) is 0. The van der Waals surface area contributed by atoms with Crippen LogP contribution in [0.2, 0.25) is 5.28 Å². The molecule has 0 radical (unpaired) electrons. The summed E-state index contributed by atoms with van der Waals surface area (Å²) in [5.41, 5.74) is 0.189. The zero-order chi connectivity index (χ0) is 10.1. The van der Waals surface area contributed by atoms with Gasteiger partial charge in [0.05, 0.1) is 12.7 Å². The molecule has 72 valence electrons. The number of aromatic nitrogens is 4. The Morgan fingerprint density at radius 2 is 2.50 bits per heavy atom. The highest BCUT2D eigenvalue weighted by molar-refractivity contribution is 6.28. The first-order valence-corrected chi connectivity index (χ1v) is 4.32. The van der Waals surface area contributed by atoms with Gasteiger partial charge >= 0.3 is 0 Å². The third kappa shape index (κ3) is 1.31. The highest BCUT2D eigenvalue weighted by Gasteiger charge is 2.07. The van der Waals surface area contributed by atoms with Crippen LogP contribution in [0.3, 0.4) is 0 Å². The zero-order valence-electron chi connectivity index (χ0n) is 7.20. The fourth-order valence-electron chi connectivity index (χ4n) is 1.19. The number of H-pyrrole nitrogens is 1. The van der Waals surface area contributed by atoms with Crippen LogP contribution in [-0.2, 0) is 6.54 Å². The monoisotopic (exact) mass is 210 g/mol. The van der Waals surface area contributed by atoms with Gasteiger partial charge in [-0.25, -0.2) is 4.68 Å². The molecule has 5 nitrogen and oxygen atoms in total. The molecular weight excluding hydrogens is 204 g/mol. The van der Waals surface area contributed by atoms with E-state index >= 15 is 0 Å². The average Bonchev–Trinajstić information content (AvgIpc) is 2.49. The van der Waals surface area contributed by atoms with E-state index in [0.29, 0.717) is 17.6 Å². The highest BCUT2D eigenvalue weighted by Crippen LogP contribution is 2.08. The molecule has 0 saturated heterocycles. The van der Waals surface area contributed by atoms with Crippen LogP contribution in [0.25, 0.3) is 11.0 Å². The van der Waals surface area contributed by atoms with Crippen LogP contribution in [0.1, 0.15) is 0 Å². The second-order valence-electron chi connectivity index (χ2n) is 2.71. The van der Waals surface area contributed by atoms with Gasteiger partial charge in [-0.3, -0.25) is 9.78 Å². The van der Waals surface area contributed by atoms with E-state index in [-0.39, 0.29) is 10.8 Å². The van der Waals surface area contributed by atoms with Crippen LogP contribution in [0.15, 0.2) is 23.6 Å². The Bertz CT molecular complexity index is 542. The van der Waals surface area contributed by atoms with E-state index in [2.05, 4.69) is 21.6 Å². The Kier molecular flexibility index (Phi) is 2.09. The molecule has 0 saturated carbocycles. The summed E-state index contributed by atoms with van der Waals surface area (Å²) in [6, 6.07) is 0. The van der Waals surface area contributed by atoms with E-state index in [9.17, 15) is 4.79 Å². The topological polar surface area (TPSA) is 63.6 Å². The van der Waals surface area contributed by atoms with Crippen LogP contribution < -0.4 is 5.56 Å². The first kappa shape index (κ1) is 8.96. The third-order valence-corrected chi connectivity index (χ3v) is 1.96. The van der Waals surface area contributed by atoms with Crippen LogP contribution >= 0.6 is 11.6 Å². The van der Waals surface area contributed by atoms with Gasteiger partial charge < -0.3 is 0 Å². The van der Waals surface area contributed by atoms with Gasteiger partial charge in [-0.1, -0.05) is 6.08 Å². The van der Waals surface area contributed by atoms with Crippen LogP contribution in [0.5, 0.6) is 0 Å². The normalized spacial score (nSPS) is 10.6. The van der Waals surface area contributed by atoms with Crippen molar-refractivity contribution < 1.29 is 0 Å². The van der Waals surface area contributed by atoms with Crippen molar-refractivity contribution in [1.29, 1.82) is 0 Å².